The molecule has 0 saturated carbocycles. The van der Waals surface area contributed by atoms with E-state index in [0.717, 1.165) is 19.0 Å². The molecule has 3 rings (SSSR count). The Morgan fingerprint density at radius 3 is 2.85 bits per heavy atom. The Kier molecular flexibility index (Phi) is 4.38. The van der Waals surface area contributed by atoms with Gasteiger partial charge in [0.05, 0.1) is 0 Å². The molecular weight excluding hydrogens is 246 g/mol. The second-order valence-electron chi connectivity index (χ2n) is 5.87. The molecule has 3 heteroatoms. The van der Waals surface area contributed by atoms with E-state index in [0.29, 0.717) is 0 Å². The third-order valence-corrected chi connectivity index (χ3v) is 4.58. The Balaban J connectivity index is 1.48. The van der Waals surface area contributed by atoms with E-state index in [1.165, 1.54) is 48.9 Å². The van der Waals surface area contributed by atoms with Crippen LogP contribution in [0.5, 0.6) is 0 Å². The quantitative estimate of drug-likeness (QED) is 0.876. The highest BCUT2D eigenvalue weighted by Crippen LogP contribution is 2.19. The van der Waals surface area contributed by atoms with E-state index in [1.54, 1.807) is 0 Å². The first-order chi connectivity index (χ1) is 9.86. The van der Waals surface area contributed by atoms with Crippen LogP contribution >= 0.6 is 0 Å². The highest BCUT2D eigenvalue weighted by molar-refractivity contribution is 5.82. The Morgan fingerprint density at radius 2 is 2.05 bits per heavy atom. The number of nitrogens with zero attached hydrogens (tertiary/aromatic N) is 1. The van der Waals surface area contributed by atoms with Crippen LogP contribution in [0.2, 0.25) is 0 Å². The summed E-state index contributed by atoms with van der Waals surface area (Å²) < 4.78 is 0. The number of fused-ring (bicyclic) bond motifs is 1. The van der Waals surface area contributed by atoms with Crippen LogP contribution in [-0.4, -0.2) is 36.1 Å². The number of H-pyrrole nitrogens is 1. The number of hydrogen-bond acceptors (Lipinski definition) is 2. The minimum Gasteiger partial charge on any atom is -0.361 e. The molecule has 1 saturated heterocycles. The van der Waals surface area contributed by atoms with E-state index in [1.807, 2.05) is 0 Å². The molecule has 3 nitrogen and oxygen atoms in total. The Hall–Kier alpha value is -1.32. The van der Waals surface area contributed by atoms with Gasteiger partial charge in [-0.2, -0.15) is 0 Å². The largest absolute Gasteiger partial charge is 0.361 e. The molecule has 20 heavy (non-hydrogen) atoms. The van der Waals surface area contributed by atoms with Gasteiger partial charge in [0.1, 0.15) is 0 Å². The summed E-state index contributed by atoms with van der Waals surface area (Å²) in [6.07, 6.45) is 4.82. The molecule has 1 aliphatic heterocycles. The van der Waals surface area contributed by atoms with Gasteiger partial charge in [0.15, 0.2) is 0 Å². The first-order valence-corrected chi connectivity index (χ1v) is 7.85. The van der Waals surface area contributed by atoms with Crippen molar-refractivity contribution >= 4 is 10.9 Å². The van der Waals surface area contributed by atoms with Crippen LogP contribution in [-0.2, 0) is 6.54 Å². The predicted octanol–water partition coefficient (Wildman–Crippen LogP) is 2.99. The Bertz CT molecular complexity index is 538. The molecule has 0 unspecified atom stereocenters. The lowest BCUT2D eigenvalue weighted by Gasteiger charge is -2.31. The molecule has 2 heterocycles. The molecule has 0 radical (unpaired) electrons. The fourth-order valence-corrected chi connectivity index (χ4v) is 3.20. The molecule has 1 aromatic carbocycles. The fourth-order valence-electron chi connectivity index (χ4n) is 3.20. The number of benzene rings is 1. The summed E-state index contributed by atoms with van der Waals surface area (Å²) in [7, 11) is 0. The summed E-state index contributed by atoms with van der Waals surface area (Å²) in [6, 6.07) is 8.53. The SMILES string of the molecule is CCN1CCC(CNCc2c[nH]c3ccccc23)CC1. The maximum Gasteiger partial charge on any atom is 0.0457 e. The lowest BCUT2D eigenvalue weighted by Crippen LogP contribution is -2.36. The average molecular weight is 271 g/mol. The topological polar surface area (TPSA) is 31.1 Å². The van der Waals surface area contributed by atoms with E-state index in [4.69, 9.17) is 0 Å². The number of hydrogen-bond donors (Lipinski definition) is 2. The number of piperidine rings is 1. The minimum atomic E-state index is 0.850. The summed E-state index contributed by atoms with van der Waals surface area (Å²) in [6.45, 7) is 8.13. The number of rotatable bonds is 5. The summed E-state index contributed by atoms with van der Waals surface area (Å²) in [5.41, 5.74) is 2.62. The summed E-state index contributed by atoms with van der Waals surface area (Å²) >= 11 is 0. The normalized spacial score (nSPS) is 17.9. The van der Waals surface area contributed by atoms with E-state index < -0.39 is 0 Å². The lowest BCUT2D eigenvalue weighted by molar-refractivity contribution is 0.190. The van der Waals surface area contributed by atoms with Gasteiger partial charge in [-0.15, -0.1) is 0 Å². The predicted molar refractivity (Wildman–Crippen MR) is 84.8 cm³/mol. The number of likely N-dealkylation sites (tertiary alicyclic amines) is 1. The number of para-hydroxylation sites is 1. The maximum atomic E-state index is 3.64. The third-order valence-electron chi connectivity index (χ3n) is 4.58. The van der Waals surface area contributed by atoms with Crippen LogP contribution < -0.4 is 5.32 Å². The molecule has 2 N–H and O–H groups in total. The molecule has 0 spiro atoms. The number of aromatic nitrogens is 1. The van der Waals surface area contributed by atoms with Crippen LogP contribution in [0.15, 0.2) is 30.5 Å². The van der Waals surface area contributed by atoms with E-state index >= 15 is 0 Å². The Labute approximate surface area is 121 Å². The lowest BCUT2D eigenvalue weighted by atomic mass is 9.97. The van der Waals surface area contributed by atoms with Crippen molar-refractivity contribution < 1.29 is 0 Å². The highest BCUT2D eigenvalue weighted by atomic mass is 15.1. The highest BCUT2D eigenvalue weighted by Gasteiger charge is 2.17. The standard InChI is InChI=1S/C17H25N3/c1-2-20-9-7-14(8-10-20)11-18-12-15-13-19-17-6-4-3-5-16(15)17/h3-6,13-14,18-19H,2,7-12H2,1H3. The van der Waals surface area contributed by atoms with Crippen molar-refractivity contribution in [1.82, 2.24) is 15.2 Å². The van der Waals surface area contributed by atoms with Crippen LogP contribution in [0.4, 0.5) is 0 Å². The third kappa shape index (κ3) is 3.05. The molecule has 1 aromatic heterocycles. The van der Waals surface area contributed by atoms with Crippen molar-refractivity contribution in [3.63, 3.8) is 0 Å². The fraction of sp³-hybridized carbons (Fsp3) is 0.529. The molecule has 0 atom stereocenters. The van der Waals surface area contributed by atoms with E-state index in [2.05, 4.69) is 52.6 Å². The molecular formula is C17H25N3. The summed E-state index contributed by atoms with van der Waals surface area (Å²) in [5.74, 6) is 0.850. The second-order valence-corrected chi connectivity index (χ2v) is 5.87. The number of aromatic amines is 1. The molecule has 0 aliphatic carbocycles. The first kappa shape index (κ1) is 13.7. The van der Waals surface area contributed by atoms with Gasteiger partial charge in [0.2, 0.25) is 0 Å². The average Bonchev–Trinajstić information content (AvgIpc) is 2.92. The van der Waals surface area contributed by atoms with Crippen LogP contribution in [0.3, 0.4) is 0 Å². The van der Waals surface area contributed by atoms with Crippen molar-refractivity contribution in [1.29, 1.82) is 0 Å². The zero-order valence-electron chi connectivity index (χ0n) is 12.4. The van der Waals surface area contributed by atoms with Gasteiger partial charge in [0, 0.05) is 23.6 Å². The summed E-state index contributed by atoms with van der Waals surface area (Å²) in [4.78, 5) is 5.90. The van der Waals surface area contributed by atoms with Gasteiger partial charge in [-0.3, -0.25) is 0 Å². The molecule has 0 amide bonds. The molecule has 0 bridgehead atoms. The minimum absolute atomic E-state index is 0.850. The van der Waals surface area contributed by atoms with Crippen LogP contribution in [0.25, 0.3) is 10.9 Å². The van der Waals surface area contributed by atoms with Gasteiger partial charge >= 0.3 is 0 Å². The van der Waals surface area contributed by atoms with E-state index in [9.17, 15) is 0 Å². The monoisotopic (exact) mass is 271 g/mol. The van der Waals surface area contributed by atoms with Crippen molar-refractivity contribution in [2.45, 2.75) is 26.3 Å². The van der Waals surface area contributed by atoms with Crippen molar-refractivity contribution in [2.24, 2.45) is 5.92 Å². The van der Waals surface area contributed by atoms with Gasteiger partial charge in [0.25, 0.3) is 0 Å². The van der Waals surface area contributed by atoms with Crippen molar-refractivity contribution in [3.05, 3.63) is 36.0 Å². The Morgan fingerprint density at radius 1 is 1.25 bits per heavy atom. The smallest absolute Gasteiger partial charge is 0.0457 e. The molecule has 1 fully saturated rings. The number of nitrogens with one attached hydrogen (secondary N) is 2. The van der Waals surface area contributed by atoms with E-state index in [-0.39, 0.29) is 0 Å². The molecule has 1 aliphatic rings. The van der Waals surface area contributed by atoms with Gasteiger partial charge in [-0.25, -0.2) is 0 Å². The first-order valence-electron chi connectivity index (χ1n) is 7.85. The molecule has 2 aromatic rings. The zero-order chi connectivity index (χ0) is 13.8. The second kappa shape index (κ2) is 6.42. The van der Waals surface area contributed by atoms with Gasteiger partial charge in [-0.1, -0.05) is 25.1 Å². The molecule has 108 valence electrons. The van der Waals surface area contributed by atoms with Crippen molar-refractivity contribution in [3.8, 4) is 0 Å². The van der Waals surface area contributed by atoms with Crippen LogP contribution in [0, 0.1) is 5.92 Å². The maximum absolute atomic E-state index is 3.64. The van der Waals surface area contributed by atoms with Gasteiger partial charge < -0.3 is 15.2 Å². The van der Waals surface area contributed by atoms with Gasteiger partial charge in [-0.05, 0) is 56.6 Å². The zero-order valence-corrected chi connectivity index (χ0v) is 12.4. The summed E-state index contributed by atoms with van der Waals surface area (Å²) in [5, 5.41) is 4.99. The van der Waals surface area contributed by atoms with Crippen molar-refractivity contribution in [2.75, 3.05) is 26.2 Å². The van der Waals surface area contributed by atoms with Crippen LogP contribution in [0.1, 0.15) is 25.3 Å².